The molecule has 1 aliphatic heterocycles. The lowest BCUT2D eigenvalue weighted by atomic mass is 9.90. The fraction of sp³-hybridized carbons (Fsp3) is 0.440. The van der Waals surface area contributed by atoms with Crippen LogP contribution in [0.2, 0.25) is 0 Å². The normalized spacial score (nSPS) is 20.1. The van der Waals surface area contributed by atoms with Crippen molar-refractivity contribution in [3.8, 4) is 11.5 Å². The maximum Gasteiger partial charge on any atom is 0.161 e. The van der Waals surface area contributed by atoms with E-state index in [-0.39, 0.29) is 6.61 Å². The number of allylic oxidation sites excluding steroid dienone is 1. The van der Waals surface area contributed by atoms with Crippen molar-refractivity contribution in [3.05, 3.63) is 72.3 Å². The van der Waals surface area contributed by atoms with Crippen LogP contribution in [0.4, 0.5) is 0 Å². The Balaban J connectivity index is 1.41. The van der Waals surface area contributed by atoms with Crippen molar-refractivity contribution in [2.45, 2.75) is 31.8 Å². The molecule has 0 radical (unpaired) electrons. The molecular formula is C25H34NO3+. The van der Waals surface area contributed by atoms with E-state index in [4.69, 9.17) is 9.47 Å². The summed E-state index contributed by atoms with van der Waals surface area (Å²) >= 11 is 0. The summed E-state index contributed by atoms with van der Waals surface area (Å²) in [7, 11) is 1.64. The first kappa shape index (κ1) is 21.4. The molecule has 156 valence electrons. The average molecular weight is 397 g/mol. The highest BCUT2D eigenvalue weighted by Gasteiger charge is 2.24. The lowest BCUT2D eigenvalue weighted by Gasteiger charge is -2.30. The van der Waals surface area contributed by atoms with E-state index in [0.29, 0.717) is 11.5 Å². The highest BCUT2D eigenvalue weighted by Crippen LogP contribution is 2.28. The maximum atomic E-state index is 10.5. The Labute approximate surface area is 174 Å². The largest absolute Gasteiger partial charge is 0.493 e. The van der Waals surface area contributed by atoms with E-state index in [9.17, 15) is 5.11 Å². The summed E-state index contributed by atoms with van der Waals surface area (Å²) in [5, 5.41) is 10.5. The fourth-order valence-corrected chi connectivity index (χ4v) is 4.14. The summed E-state index contributed by atoms with van der Waals surface area (Å²) in [5.74, 6) is 2.13. The lowest BCUT2D eigenvalue weighted by Crippen LogP contribution is -3.14. The Kier molecular flexibility index (Phi) is 8.14. The van der Waals surface area contributed by atoms with Gasteiger partial charge in [0.05, 0.1) is 20.2 Å². The maximum absolute atomic E-state index is 10.5. The van der Waals surface area contributed by atoms with Crippen molar-refractivity contribution in [1.82, 2.24) is 0 Å². The number of aliphatic hydroxyl groups is 1. The third-order valence-electron chi connectivity index (χ3n) is 5.74. The molecule has 0 unspecified atom stereocenters. The van der Waals surface area contributed by atoms with Crippen LogP contribution in [0.15, 0.2) is 61.2 Å². The summed E-state index contributed by atoms with van der Waals surface area (Å²) in [4.78, 5) is 1.47. The van der Waals surface area contributed by atoms with Gasteiger partial charge >= 0.3 is 0 Å². The van der Waals surface area contributed by atoms with Crippen LogP contribution in [0.3, 0.4) is 0 Å². The van der Waals surface area contributed by atoms with Crippen LogP contribution < -0.4 is 14.4 Å². The van der Waals surface area contributed by atoms with E-state index < -0.39 is 6.10 Å². The Morgan fingerprint density at radius 1 is 1.10 bits per heavy atom. The van der Waals surface area contributed by atoms with E-state index in [2.05, 4.69) is 36.9 Å². The van der Waals surface area contributed by atoms with E-state index >= 15 is 0 Å². The number of likely N-dealkylation sites (tertiary alicyclic amines) is 1. The standard InChI is InChI=1S/C25H33NO3/c1-3-7-20-10-11-24(25(17-20)28-2)29-19-23(27)18-26-14-12-22(13-15-26)16-21-8-5-4-6-9-21/h3-6,8-11,17,22-23,27H,1,7,12-16,18-19H2,2H3/p+1/t23-/m0/s1. The average Bonchev–Trinajstić information content (AvgIpc) is 2.75. The number of hydrogen-bond acceptors (Lipinski definition) is 3. The Hall–Kier alpha value is -2.30. The van der Waals surface area contributed by atoms with Gasteiger partial charge in [-0.05, 0) is 54.9 Å². The second-order valence-electron chi connectivity index (χ2n) is 8.03. The van der Waals surface area contributed by atoms with E-state index in [1.807, 2.05) is 24.3 Å². The molecule has 0 aliphatic carbocycles. The van der Waals surface area contributed by atoms with Gasteiger partial charge in [0.15, 0.2) is 11.5 Å². The van der Waals surface area contributed by atoms with Gasteiger partial charge in [-0.1, -0.05) is 42.5 Å². The quantitative estimate of drug-likeness (QED) is 0.607. The van der Waals surface area contributed by atoms with Crippen molar-refractivity contribution in [2.24, 2.45) is 5.92 Å². The lowest BCUT2D eigenvalue weighted by molar-refractivity contribution is -0.909. The monoisotopic (exact) mass is 396 g/mol. The minimum atomic E-state index is -0.478. The summed E-state index contributed by atoms with van der Waals surface area (Å²) in [6.07, 6.45) is 5.79. The molecule has 2 N–H and O–H groups in total. The van der Waals surface area contributed by atoms with Crippen LogP contribution in [0.25, 0.3) is 0 Å². The summed E-state index contributed by atoms with van der Waals surface area (Å²) in [6.45, 7) is 7.02. The summed E-state index contributed by atoms with van der Waals surface area (Å²) in [6, 6.07) is 16.6. The molecule has 2 aromatic rings. The number of methoxy groups -OCH3 is 1. The van der Waals surface area contributed by atoms with Gasteiger partial charge in [-0.15, -0.1) is 6.58 Å². The number of ether oxygens (including phenoxy) is 2. The van der Waals surface area contributed by atoms with Gasteiger partial charge in [-0.2, -0.15) is 0 Å². The van der Waals surface area contributed by atoms with Gasteiger partial charge in [-0.25, -0.2) is 0 Å². The van der Waals surface area contributed by atoms with Crippen molar-refractivity contribution in [1.29, 1.82) is 0 Å². The van der Waals surface area contributed by atoms with Crippen LogP contribution in [0.5, 0.6) is 11.5 Å². The molecule has 2 aromatic carbocycles. The topological polar surface area (TPSA) is 43.1 Å². The molecule has 0 saturated carbocycles. The zero-order chi connectivity index (χ0) is 20.5. The molecule has 4 nitrogen and oxygen atoms in total. The Bertz CT molecular complexity index is 754. The van der Waals surface area contributed by atoms with Crippen molar-refractivity contribution in [2.75, 3.05) is 33.4 Å². The molecule has 1 aliphatic rings. The van der Waals surface area contributed by atoms with Gasteiger partial charge in [-0.3, -0.25) is 0 Å². The number of hydrogen-bond donors (Lipinski definition) is 2. The highest BCUT2D eigenvalue weighted by atomic mass is 16.5. The number of aliphatic hydroxyl groups excluding tert-OH is 1. The Morgan fingerprint density at radius 3 is 2.55 bits per heavy atom. The molecular weight excluding hydrogens is 362 g/mol. The molecule has 29 heavy (non-hydrogen) atoms. The fourth-order valence-electron chi connectivity index (χ4n) is 4.14. The van der Waals surface area contributed by atoms with Gasteiger partial charge in [0.25, 0.3) is 0 Å². The van der Waals surface area contributed by atoms with Crippen LogP contribution in [0, 0.1) is 5.92 Å². The minimum Gasteiger partial charge on any atom is -0.493 e. The first-order valence-electron chi connectivity index (χ1n) is 10.6. The van der Waals surface area contributed by atoms with Crippen molar-refractivity contribution >= 4 is 0 Å². The van der Waals surface area contributed by atoms with Crippen LogP contribution >= 0.6 is 0 Å². The SMILES string of the molecule is C=CCc1ccc(OC[C@@H](O)C[NH+]2CCC(Cc3ccccc3)CC2)c(OC)c1. The van der Waals surface area contributed by atoms with E-state index in [1.54, 1.807) is 7.11 Å². The molecule has 0 aromatic heterocycles. The number of nitrogens with one attached hydrogen (secondary N) is 1. The van der Waals surface area contributed by atoms with Crippen LogP contribution in [-0.2, 0) is 12.8 Å². The van der Waals surface area contributed by atoms with Crippen LogP contribution in [0.1, 0.15) is 24.0 Å². The predicted molar refractivity (Wildman–Crippen MR) is 117 cm³/mol. The van der Waals surface area contributed by atoms with Gasteiger partial charge in [0, 0.05) is 0 Å². The molecule has 3 rings (SSSR count). The number of benzene rings is 2. The smallest absolute Gasteiger partial charge is 0.161 e. The van der Waals surface area contributed by atoms with E-state index in [0.717, 1.165) is 37.5 Å². The number of piperidine rings is 1. The number of quaternary nitrogens is 1. The van der Waals surface area contributed by atoms with Crippen molar-refractivity contribution in [3.63, 3.8) is 0 Å². The molecule has 4 heteroatoms. The second kappa shape index (κ2) is 11.0. The molecule has 1 atom stereocenters. The predicted octanol–water partition coefficient (Wildman–Crippen LogP) is 2.70. The first-order chi connectivity index (χ1) is 14.2. The molecule has 1 heterocycles. The molecule has 1 saturated heterocycles. The molecule has 0 bridgehead atoms. The first-order valence-corrected chi connectivity index (χ1v) is 10.6. The van der Waals surface area contributed by atoms with Gasteiger partial charge in [0.1, 0.15) is 19.3 Å². The molecule has 0 amide bonds. The number of rotatable bonds is 10. The van der Waals surface area contributed by atoms with Gasteiger partial charge in [0.2, 0.25) is 0 Å². The molecule has 0 spiro atoms. The third kappa shape index (κ3) is 6.62. The van der Waals surface area contributed by atoms with Crippen molar-refractivity contribution < 1.29 is 19.5 Å². The zero-order valence-corrected chi connectivity index (χ0v) is 17.5. The second-order valence-corrected chi connectivity index (χ2v) is 8.03. The Morgan fingerprint density at radius 2 is 1.86 bits per heavy atom. The minimum absolute atomic E-state index is 0.286. The van der Waals surface area contributed by atoms with Gasteiger partial charge < -0.3 is 19.5 Å². The highest BCUT2D eigenvalue weighted by molar-refractivity contribution is 5.43. The summed E-state index contributed by atoms with van der Waals surface area (Å²) in [5.41, 5.74) is 2.56. The van der Waals surface area contributed by atoms with Crippen LogP contribution in [-0.4, -0.2) is 44.6 Å². The van der Waals surface area contributed by atoms with E-state index in [1.165, 1.54) is 29.7 Å². The zero-order valence-electron chi connectivity index (χ0n) is 17.5. The summed E-state index contributed by atoms with van der Waals surface area (Å²) < 4.78 is 11.3. The molecule has 1 fully saturated rings. The third-order valence-corrected chi connectivity index (χ3v) is 5.74.